The zero-order chi connectivity index (χ0) is 33.4. The van der Waals surface area contributed by atoms with Crippen LogP contribution in [0.5, 0.6) is 5.75 Å². The minimum absolute atomic E-state index is 0.00458. The number of carbonyl (C=O) groups excluding carboxylic acids is 2. The second kappa shape index (κ2) is 15.5. The van der Waals surface area contributed by atoms with E-state index < -0.39 is 34.3 Å². The monoisotopic (exact) mass is 677 g/mol. The maximum atomic E-state index is 14.5. The molecule has 2 amide bonds. The molecule has 0 radical (unpaired) electrons. The van der Waals surface area contributed by atoms with Gasteiger partial charge in [-0.2, -0.15) is 0 Å². The van der Waals surface area contributed by atoms with Crippen molar-refractivity contribution in [1.82, 2.24) is 10.2 Å². The molecule has 0 aliphatic heterocycles. The van der Waals surface area contributed by atoms with E-state index in [4.69, 9.17) is 16.3 Å². The molecule has 0 aromatic heterocycles. The number of hydrogen-bond donors (Lipinski definition) is 1. The summed E-state index contributed by atoms with van der Waals surface area (Å²) in [6.45, 7) is -0.655. The molecule has 0 spiro atoms. The first kappa shape index (κ1) is 33.9. The summed E-state index contributed by atoms with van der Waals surface area (Å²) in [7, 11) is -2.87. The Bertz CT molecular complexity index is 1770. The van der Waals surface area contributed by atoms with Crippen molar-refractivity contribution in [2.45, 2.75) is 55.6 Å². The predicted octanol–water partition coefficient (Wildman–Crippen LogP) is 6.38. The van der Waals surface area contributed by atoms with Gasteiger partial charge >= 0.3 is 0 Å². The number of carbonyl (C=O) groups is 2. The van der Waals surface area contributed by atoms with Crippen LogP contribution in [0.4, 0.5) is 10.1 Å². The maximum absolute atomic E-state index is 14.5. The van der Waals surface area contributed by atoms with Crippen LogP contribution < -0.4 is 14.4 Å². The fourth-order valence-corrected chi connectivity index (χ4v) is 7.39. The minimum atomic E-state index is -4.34. The van der Waals surface area contributed by atoms with Crippen molar-refractivity contribution in [3.8, 4) is 5.75 Å². The van der Waals surface area contributed by atoms with Crippen LogP contribution in [0.1, 0.15) is 36.8 Å². The van der Waals surface area contributed by atoms with Gasteiger partial charge in [-0.05, 0) is 84.6 Å². The van der Waals surface area contributed by atoms with Gasteiger partial charge < -0.3 is 15.0 Å². The van der Waals surface area contributed by atoms with E-state index in [2.05, 4.69) is 5.32 Å². The highest BCUT2D eigenvalue weighted by atomic mass is 35.5. The number of nitrogens with one attached hydrogen (secondary N) is 1. The average Bonchev–Trinajstić information content (AvgIpc) is 3.59. The maximum Gasteiger partial charge on any atom is 0.264 e. The quantitative estimate of drug-likeness (QED) is 0.177. The second-order valence-corrected chi connectivity index (χ2v) is 13.8. The number of anilines is 1. The van der Waals surface area contributed by atoms with Gasteiger partial charge in [-0.1, -0.05) is 66.9 Å². The second-order valence-electron chi connectivity index (χ2n) is 11.5. The summed E-state index contributed by atoms with van der Waals surface area (Å²) in [5, 5.41) is 3.60. The van der Waals surface area contributed by atoms with Gasteiger partial charge in [0.15, 0.2) is 0 Å². The molecule has 1 atom stereocenters. The molecule has 4 aromatic rings. The molecular formula is C36H37ClFN3O5S. The Balaban J connectivity index is 1.56. The van der Waals surface area contributed by atoms with E-state index in [1.807, 2.05) is 30.3 Å². The summed E-state index contributed by atoms with van der Waals surface area (Å²) in [5.74, 6) is -1.04. The van der Waals surface area contributed by atoms with Crippen LogP contribution in [0, 0.1) is 5.82 Å². The molecule has 0 bridgehead atoms. The smallest absolute Gasteiger partial charge is 0.264 e. The molecule has 246 valence electrons. The summed E-state index contributed by atoms with van der Waals surface area (Å²) < 4.78 is 48.4. The molecular weight excluding hydrogens is 641 g/mol. The lowest BCUT2D eigenvalue weighted by molar-refractivity contribution is -0.140. The average molecular weight is 678 g/mol. The number of amides is 2. The lowest BCUT2D eigenvalue weighted by Gasteiger charge is -2.34. The summed E-state index contributed by atoms with van der Waals surface area (Å²) in [4.78, 5) is 29.9. The van der Waals surface area contributed by atoms with Gasteiger partial charge in [0.1, 0.15) is 24.2 Å². The van der Waals surface area contributed by atoms with Crippen LogP contribution in [0.2, 0.25) is 5.02 Å². The third-order valence-electron chi connectivity index (χ3n) is 8.26. The van der Waals surface area contributed by atoms with Crippen LogP contribution in [0.15, 0.2) is 108 Å². The van der Waals surface area contributed by atoms with Crippen molar-refractivity contribution >= 4 is 39.1 Å². The summed E-state index contributed by atoms with van der Waals surface area (Å²) in [5.41, 5.74) is 1.60. The van der Waals surface area contributed by atoms with Crippen molar-refractivity contribution in [1.29, 1.82) is 0 Å². The molecule has 0 unspecified atom stereocenters. The van der Waals surface area contributed by atoms with E-state index in [0.717, 1.165) is 47.7 Å². The van der Waals surface area contributed by atoms with E-state index in [-0.39, 0.29) is 35.5 Å². The first-order valence-electron chi connectivity index (χ1n) is 15.4. The van der Waals surface area contributed by atoms with E-state index >= 15 is 0 Å². The first-order chi connectivity index (χ1) is 22.6. The molecule has 11 heteroatoms. The molecule has 1 N–H and O–H groups in total. The fourth-order valence-electron chi connectivity index (χ4n) is 5.76. The summed E-state index contributed by atoms with van der Waals surface area (Å²) >= 11 is 6.31. The Labute approximate surface area is 280 Å². The Morgan fingerprint density at radius 2 is 1.57 bits per heavy atom. The van der Waals surface area contributed by atoms with Crippen LogP contribution in [0.3, 0.4) is 0 Å². The molecule has 4 aromatic carbocycles. The lowest BCUT2D eigenvalue weighted by atomic mass is 10.0. The topological polar surface area (TPSA) is 96.0 Å². The molecule has 1 aliphatic carbocycles. The zero-order valence-corrected chi connectivity index (χ0v) is 27.6. The van der Waals surface area contributed by atoms with Gasteiger partial charge in [-0.15, -0.1) is 0 Å². The number of sulfonamides is 1. The highest BCUT2D eigenvalue weighted by molar-refractivity contribution is 7.92. The summed E-state index contributed by atoms with van der Waals surface area (Å²) in [6, 6.07) is 26.0. The molecule has 5 rings (SSSR count). The normalized spacial score (nSPS) is 13.9. The van der Waals surface area contributed by atoms with Gasteiger partial charge in [-0.3, -0.25) is 13.9 Å². The van der Waals surface area contributed by atoms with Crippen molar-refractivity contribution < 1.29 is 27.1 Å². The van der Waals surface area contributed by atoms with Gasteiger partial charge in [0.25, 0.3) is 10.0 Å². The Hall–Kier alpha value is -4.41. The van der Waals surface area contributed by atoms with Crippen molar-refractivity contribution in [2.75, 3.05) is 18.0 Å². The molecule has 0 heterocycles. The van der Waals surface area contributed by atoms with Gasteiger partial charge in [-0.25, -0.2) is 12.8 Å². The number of ether oxygens (including phenoxy) is 1. The lowest BCUT2D eigenvalue weighted by Crippen LogP contribution is -2.54. The highest BCUT2D eigenvalue weighted by Crippen LogP contribution is 2.27. The molecule has 1 fully saturated rings. The van der Waals surface area contributed by atoms with Crippen LogP contribution in [-0.4, -0.2) is 50.9 Å². The van der Waals surface area contributed by atoms with Crippen molar-refractivity contribution in [3.05, 3.63) is 125 Å². The standard InChI is InChI=1S/C36H37ClFN3O5S/c1-46-32-18-20-33(21-19-32)47(44,45)41(31-16-14-29(38)15-17-31)25-35(42)40(24-27-10-7-11-28(37)22-27)34(23-26-8-3-2-4-9-26)36(43)39-30-12-5-6-13-30/h2-4,7-11,14-22,30,34H,5-6,12-13,23-25H2,1H3,(H,39,43)/t34-/m1/s1. The SMILES string of the molecule is COc1ccc(S(=O)(=O)N(CC(=O)N(Cc2cccc(Cl)c2)[C@H](Cc2ccccc2)C(=O)NC2CCCC2)c2ccc(F)cc2)cc1. The van der Waals surface area contributed by atoms with Crippen molar-refractivity contribution in [3.63, 3.8) is 0 Å². The van der Waals surface area contributed by atoms with E-state index in [1.165, 1.54) is 48.4 Å². The number of methoxy groups -OCH3 is 1. The number of hydrogen-bond acceptors (Lipinski definition) is 5. The third-order valence-corrected chi connectivity index (χ3v) is 10.3. The molecule has 47 heavy (non-hydrogen) atoms. The molecule has 8 nitrogen and oxygen atoms in total. The highest BCUT2D eigenvalue weighted by Gasteiger charge is 2.35. The zero-order valence-electron chi connectivity index (χ0n) is 26.0. The molecule has 0 saturated heterocycles. The number of nitrogens with zero attached hydrogens (tertiary/aromatic N) is 2. The number of rotatable bonds is 13. The molecule has 1 aliphatic rings. The van der Waals surface area contributed by atoms with Crippen LogP contribution >= 0.6 is 11.6 Å². The fraction of sp³-hybridized carbons (Fsp3) is 0.278. The largest absolute Gasteiger partial charge is 0.497 e. The van der Waals surface area contributed by atoms with Gasteiger partial charge in [0, 0.05) is 24.0 Å². The number of halogens is 2. The third kappa shape index (κ3) is 8.69. The predicted molar refractivity (Wildman–Crippen MR) is 180 cm³/mol. The number of benzene rings is 4. The summed E-state index contributed by atoms with van der Waals surface area (Å²) in [6.07, 6.45) is 3.92. The van der Waals surface area contributed by atoms with E-state index in [9.17, 15) is 22.4 Å². The van der Waals surface area contributed by atoms with Gasteiger partial charge in [0.2, 0.25) is 11.8 Å². The first-order valence-corrected chi connectivity index (χ1v) is 17.3. The Kier molecular flexibility index (Phi) is 11.2. The van der Waals surface area contributed by atoms with E-state index in [1.54, 1.807) is 24.3 Å². The van der Waals surface area contributed by atoms with E-state index in [0.29, 0.717) is 16.3 Å². The van der Waals surface area contributed by atoms with Crippen molar-refractivity contribution in [2.24, 2.45) is 0 Å². The van der Waals surface area contributed by atoms with Gasteiger partial charge in [0.05, 0.1) is 17.7 Å². The van der Waals surface area contributed by atoms with Crippen LogP contribution in [0.25, 0.3) is 0 Å². The Morgan fingerprint density at radius 1 is 0.915 bits per heavy atom. The van der Waals surface area contributed by atoms with Crippen LogP contribution in [-0.2, 0) is 32.6 Å². The minimum Gasteiger partial charge on any atom is -0.497 e. The molecule has 1 saturated carbocycles. The Morgan fingerprint density at radius 3 is 2.21 bits per heavy atom.